The maximum atomic E-state index is 3.02. The van der Waals surface area contributed by atoms with E-state index in [1.807, 2.05) is 12.5 Å². The summed E-state index contributed by atoms with van der Waals surface area (Å²) in [6, 6.07) is 0. The lowest BCUT2D eigenvalue weighted by atomic mass is 10.1. The smallest absolute Gasteiger partial charge is 0.241 e. The first kappa shape index (κ1) is 10.7. The molecule has 1 aromatic heterocycles. The van der Waals surface area contributed by atoms with Gasteiger partial charge in [-0.3, -0.25) is 4.98 Å². The number of rotatable bonds is 3. The van der Waals surface area contributed by atoms with E-state index in [2.05, 4.69) is 29.6 Å². The minimum absolute atomic E-state index is 0. The summed E-state index contributed by atoms with van der Waals surface area (Å²) in [6.07, 6.45) is 7.24. The Morgan fingerprint density at radius 1 is 1.45 bits per heavy atom. The predicted molar refractivity (Wildman–Crippen MR) is 40.4 cm³/mol. The number of aryl methyl sites for hydroxylation is 1. The van der Waals surface area contributed by atoms with Gasteiger partial charge in [0.05, 0.1) is 6.54 Å². The number of nitrogens with one attached hydrogen (secondary N) is 1. The number of halogens is 1. The molecule has 0 aliphatic rings. The van der Waals surface area contributed by atoms with Crippen LogP contribution in [0.2, 0.25) is 0 Å². The first-order chi connectivity index (χ1) is 4.79. The number of hydrogen-bond acceptors (Lipinski definition) is 0. The first-order valence-electron chi connectivity index (χ1n) is 3.81. The number of hydrogen-bond donors (Lipinski definition) is 1. The Hall–Kier alpha value is -0.310. The molecule has 64 valence electrons. The molecular weight excluding hydrogens is 204 g/mol. The second-order valence-corrected chi connectivity index (χ2v) is 3.03. The highest BCUT2D eigenvalue weighted by molar-refractivity contribution is 4.55. The third-order valence-electron chi connectivity index (χ3n) is 1.57. The highest BCUT2D eigenvalue weighted by atomic mass is 79.9. The van der Waals surface area contributed by atoms with Crippen LogP contribution >= 0.6 is 0 Å². The van der Waals surface area contributed by atoms with Crippen LogP contribution < -0.4 is 21.5 Å². The minimum Gasteiger partial charge on any atom is -1.00 e. The molecule has 0 amide bonds. The van der Waals surface area contributed by atoms with Gasteiger partial charge in [0.15, 0.2) is 0 Å². The Bertz CT molecular complexity index is 170. The normalized spacial score (nSPS) is 9.73. The zero-order valence-corrected chi connectivity index (χ0v) is 8.63. The second-order valence-electron chi connectivity index (χ2n) is 3.03. The van der Waals surface area contributed by atoms with Crippen LogP contribution in [0.3, 0.4) is 0 Å². The molecule has 0 bridgehead atoms. The zero-order chi connectivity index (χ0) is 7.40. The fraction of sp³-hybridized carbons (Fsp3) is 0.625. The summed E-state index contributed by atoms with van der Waals surface area (Å²) in [5.74, 6) is 0.794. The monoisotopic (exact) mass is 218 g/mol. The van der Waals surface area contributed by atoms with E-state index in [4.69, 9.17) is 0 Å². The lowest BCUT2D eigenvalue weighted by molar-refractivity contribution is -0.696. The zero-order valence-electron chi connectivity index (χ0n) is 7.05. The van der Waals surface area contributed by atoms with Crippen molar-refractivity contribution in [2.24, 2.45) is 5.92 Å². The van der Waals surface area contributed by atoms with Gasteiger partial charge in [0, 0.05) is 0 Å². The van der Waals surface area contributed by atoms with E-state index < -0.39 is 0 Å². The van der Waals surface area contributed by atoms with Crippen molar-refractivity contribution in [2.75, 3.05) is 0 Å². The van der Waals surface area contributed by atoms with Crippen molar-refractivity contribution in [1.82, 2.24) is 4.98 Å². The largest absolute Gasteiger partial charge is 1.00 e. The van der Waals surface area contributed by atoms with Crippen molar-refractivity contribution in [2.45, 2.75) is 26.8 Å². The number of imidazole rings is 1. The van der Waals surface area contributed by atoms with Crippen LogP contribution in [0.15, 0.2) is 18.7 Å². The summed E-state index contributed by atoms with van der Waals surface area (Å²) in [5, 5.41) is 0. The maximum absolute atomic E-state index is 3.02. The summed E-state index contributed by atoms with van der Waals surface area (Å²) < 4.78 is 2.17. The van der Waals surface area contributed by atoms with Crippen LogP contribution in [0.4, 0.5) is 0 Å². The van der Waals surface area contributed by atoms with Crippen molar-refractivity contribution in [1.29, 1.82) is 0 Å². The van der Waals surface area contributed by atoms with Gasteiger partial charge in [-0.1, -0.05) is 13.8 Å². The highest BCUT2D eigenvalue weighted by Crippen LogP contribution is 1.97. The van der Waals surface area contributed by atoms with Gasteiger partial charge in [0.25, 0.3) is 0 Å². The fourth-order valence-corrected chi connectivity index (χ4v) is 0.867. The van der Waals surface area contributed by atoms with E-state index in [9.17, 15) is 0 Å². The van der Waals surface area contributed by atoms with Crippen LogP contribution in [0.5, 0.6) is 0 Å². The van der Waals surface area contributed by atoms with Crippen LogP contribution in [0.25, 0.3) is 0 Å². The Kier molecular flexibility index (Phi) is 5.20. The molecule has 11 heavy (non-hydrogen) atoms. The van der Waals surface area contributed by atoms with Gasteiger partial charge in [0.2, 0.25) is 6.33 Å². The Morgan fingerprint density at radius 2 is 2.18 bits per heavy atom. The molecule has 0 saturated heterocycles. The Labute approximate surface area is 78.4 Å². The molecule has 1 heterocycles. The fourth-order valence-electron chi connectivity index (χ4n) is 0.867. The third kappa shape index (κ3) is 4.19. The Morgan fingerprint density at radius 3 is 2.64 bits per heavy atom. The van der Waals surface area contributed by atoms with E-state index >= 15 is 0 Å². The maximum Gasteiger partial charge on any atom is 0.241 e. The van der Waals surface area contributed by atoms with E-state index in [0.29, 0.717) is 0 Å². The van der Waals surface area contributed by atoms with Crippen LogP contribution in [-0.4, -0.2) is 4.98 Å². The molecule has 2 nitrogen and oxygen atoms in total. The number of aromatic amines is 1. The first-order valence-corrected chi connectivity index (χ1v) is 3.81. The average Bonchev–Trinajstić information content (AvgIpc) is 2.34. The van der Waals surface area contributed by atoms with Crippen LogP contribution in [0.1, 0.15) is 20.3 Å². The molecule has 0 spiro atoms. The molecule has 1 aromatic rings. The topological polar surface area (TPSA) is 19.7 Å². The summed E-state index contributed by atoms with van der Waals surface area (Å²) in [4.78, 5) is 3.02. The molecule has 0 atom stereocenters. The van der Waals surface area contributed by atoms with Crippen LogP contribution in [-0.2, 0) is 6.54 Å². The van der Waals surface area contributed by atoms with Crippen molar-refractivity contribution in [3.63, 3.8) is 0 Å². The third-order valence-corrected chi connectivity index (χ3v) is 1.57. The quantitative estimate of drug-likeness (QED) is 0.588. The lowest BCUT2D eigenvalue weighted by Crippen LogP contribution is -3.00. The molecule has 0 fully saturated rings. The van der Waals surface area contributed by atoms with Gasteiger partial charge in [-0.05, 0) is 12.3 Å². The summed E-state index contributed by atoms with van der Waals surface area (Å²) in [7, 11) is 0. The average molecular weight is 219 g/mol. The number of aromatic nitrogens is 2. The molecule has 0 unspecified atom stereocenters. The minimum atomic E-state index is 0. The van der Waals surface area contributed by atoms with Gasteiger partial charge in [0.1, 0.15) is 12.4 Å². The second kappa shape index (κ2) is 5.35. The van der Waals surface area contributed by atoms with Crippen LogP contribution in [0, 0.1) is 5.92 Å². The van der Waals surface area contributed by atoms with E-state index in [1.54, 1.807) is 0 Å². The van der Waals surface area contributed by atoms with E-state index in [1.165, 1.54) is 6.42 Å². The standard InChI is InChI=1S/C8H14N2.BrH/c1-8(2)3-5-10-6-4-9-7-10;/h4,6-8H,3,5H2,1-2H3;1H. The van der Waals surface area contributed by atoms with E-state index in [-0.39, 0.29) is 17.0 Å². The number of H-pyrrole nitrogens is 1. The molecule has 0 aromatic carbocycles. The van der Waals surface area contributed by atoms with Crippen molar-refractivity contribution in [3.05, 3.63) is 18.7 Å². The molecule has 0 radical (unpaired) electrons. The molecule has 0 saturated carbocycles. The van der Waals surface area contributed by atoms with Gasteiger partial charge in [-0.2, -0.15) is 0 Å². The number of nitrogens with zero attached hydrogens (tertiary/aromatic N) is 1. The summed E-state index contributed by atoms with van der Waals surface area (Å²) in [6.45, 7) is 5.61. The van der Waals surface area contributed by atoms with E-state index in [0.717, 1.165) is 12.5 Å². The summed E-state index contributed by atoms with van der Waals surface area (Å²) in [5.41, 5.74) is 0. The van der Waals surface area contributed by atoms with Gasteiger partial charge < -0.3 is 17.0 Å². The molecule has 0 aliphatic carbocycles. The molecule has 0 aliphatic heterocycles. The van der Waals surface area contributed by atoms with Crippen molar-refractivity contribution in [3.8, 4) is 0 Å². The predicted octanol–water partition coefficient (Wildman–Crippen LogP) is -1.65. The summed E-state index contributed by atoms with van der Waals surface area (Å²) >= 11 is 0. The Balaban J connectivity index is 0.000001000. The molecular formula is C8H15BrN2. The van der Waals surface area contributed by atoms with Gasteiger partial charge in [-0.15, -0.1) is 0 Å². The van der Waals surface area contributed by atoms with Crippen molar-refractivity contribution < 1.29 is 21.5 Å². The van der Waals surface area contributed by atoms with Gasteiger partial charge in [-0.25, -0.2) is 4.57 Å². The molecule has 3 heteroatoms. The van der Waals surface area contributed by atoms with Gasteiger partial charge >= 0.3 is 0 Å². The van der Waals surface area contributed by atoms with Crippen molar-refractivity contribution >= 4 is 0 Å². The SMILES string of the molecule is CC(C)CC[n+]1cc[nH]c1.[Br-]. The molecule has 1 rings (SSSR count). The molecule has 1 N–H and O–H groups in total. The highest BCUT2D eigenvalue weighted by Gasteiger charge is 1.98. The lowest BCUT2D eigenvalue weighted by Gasteiger charge is -1.99.